The van der Waals surface area contributed by atoms with Crippen molar-refractivity contribution in [2.24, 2.45) is 0 Å². The van der Waals surface area contributed by atoms with Gasteiger partial charge in [0.25, 0.3) is 0 Å². The van der Waals surface area contributed by atoms with E-state index in [-0.39, 0.29) is 6.04 Å². The van der Waals surface area contributed by atoms with E-state index in [1.54, 1.807) is 12.4 Å². The van der Waals surface area contributed by atoms with Gasteiger partial charge in [0.05, 0.1) is 0 Å². The van der Waals surface area contributed by atoms with Gasteiger partial charge in [-0.25, -0.2) is 4.79 Å². The Balaban J connectivity index is 1.74. The first kappa shape index (κ1) is 16.9. The van der Waals surface area contributed by atoms with Crippen molar-refractivity contribution >= 4 is 6.09 Å². The molecule has 2 aromatic rings. The summed E-state index contributed by atoms with van der Waals surface area (Å²) < 4.78 is 0. The molecule has 2 rings (SSSR count). The molecular weight excluding hydrogens is 290 g/mol. The van der Waals surface area contributed by atoms with Crippen LogP contribution in [0.1, 0.15) is 36.8 Å². The van der Waals surface area contributed by atoms with E-state index in [1.165, 1.54) is 11.1 Å². The number of pyridine rings is 2. The lowest BCUT2D eigenvalue weighted by Crippen LogP contribution is -2.33. The van der Waals surface area contributed by atoms with Crippen molar-refractivity contribution in [2.45, 2.75) is 44.6 Å². The maximum absolute atomic E-state index is 10.9. The van der Waals surface area contributed by atoms with Crippen molar-refractivity contribution in [2.75, 3.05) is 0 Å². The number of nitrogens with zero attached hydrogens (tertiary/aromatic N) is 2. The Labute approximate surface area is 136 Å². The van der Waals surface area contributed by atoms with Crippen LogP contribution in [-0.4, -0.2) is 27.2 Å². The fourth-order valence-corrected chi connectivity index (χ4v) is 2.66. The lowest BCUT2D eigenvalue weighted by molar-refractivity contribution is 0.188. The highest BCUT2D eigenvalue weighted by molar-refractivity contribution is 5.64. The van der Waals surface area contributed by atoms with Crippen LogP contribution >= 0.6 is 0 Å². The van der Waals surface area contributed by atoms with E-state index in [0.29, 0.717) is 0 Å². The molecule has 5 heteroatoms. The molecule has 1 amide bonds. The van der Waals surface area contributed by atoms with Crippen LogP contribution in [0.15, 0.2) is 49.1 Å². The number of rotatable bonds is 9. The maximum atomic E-state index is 10.9. The predicted molar refractivity (Wildman–Crippen MR) is 89.3 cm³/mol. The lowest BCUT2D eigenvalue weighted by atomic mass is 10.00. The minimum Gasteiger partial charge on any atom is -0.465 e. The summed E-state index contributed by atoms with van der Waals surface area (Å²) in [6.07, 6.45) is 11.7. The first-order chi connectivity index (χ1) is 11.2. The molecule has 2 heterocycles. The summed E-state index contributed by atoms with van der Waals surface area (Å²) in [5.41, 5.74) is 2.38. The summed E-state index contributed by atoms with van der Waals surface area (Å²) in [6.45, 7) is 0. The van der Waals surface area contributed by atoms with Gasteiger partial charge in [0.1, 0.15) is 0 Å². The number of aryl methyl sites for hydroxylation is 2. The third-order valence-corrected chi connectivity index (χ3v) is 3.81. The molecule has 2 N–H and O–H groups in total. The monoisotopic (exact) mass is 313 g/mol. The molecule has 0 aromatic carbocycles. The highest BCUT2D eigenvalue weighted by Gasteiger charge is 2.11. The number of amides is 1. The smallest absolute Gasteiger partial charge is 0.404 e. The predicted octanol–water partition coefficient (Wildman–Crippen LogP) is 3.46. The zero-order chi connectivity index (χ0) is 16.3. The van der Waals surface area contributed by atoms with Gasteiger partial charge in [0, 0.05) is 30.8 Å². The molecule has 0 unspecified atom stereocenters. The van der Waals surface area contributed by atoms with Crippen molar-refractivity contribution in [1.82, 2.24) is 15.3 Å². The standard InChI is InChI=1S/C18H23N3O2/c22-18(23)21-17(9-1-5-15-7-3-11-19-13-15)10-2-6-16-8-4-12-20-14-16/h3-4,7-8,11-14,17,21H,1-2,5-6,9-10H2,(H,22,23). The van der Waals surface area contributed by atoms with Crippen LogP contribution in [0.5, 0.6) is 0 Å². The first-order valence-electron chi connectivity index (χ1n) is 8.01. The van der Waals surface area contributed by atoms with E-state index in [4.69, 9.17) is 5.11 Å². The zero-order valence-electron chi connectivity index (χ0n) is 13.2. The Bertz CT molecular complexity index is 530. The molecule has 0 saturated heterocycles. The molecule has 2 aromatic heterocycles. The summed E-state index contributed by atoms with van der Waals surface area (Å²) in [7, 11) is 0. The van der Waals surface area contributed by atoms with Gasteiger partial charge in [0.15, 0.2) is 0 Å². The molecule has 0 aliphatic rings. The maximum Gasteiger partial charge on any atom is 0.404 e. The molecule has 0 atom stereocenters. The largest absolute Gasteiger partial charge is 0.465 e. The Morgan fingerprint density at radius 1 is 1.00 bits per heavy atom. The lowest BCUT2D eigenvalue weighted by Gasteiger charge is -2.16. The summed E-state index contributed by atoms with van der Waals surface area (Å²) in [6, 6.07) is 7.96. The highest BCUT2D eigenvalue weighted by atomic mass is 16.4. The van der Waals surface area contributed by atoms with Crippen molar-refractivity contribution in [3.8, 4) is 0 Å². The Morgan fingerprint density at radius 2 is 1.52 bits per heavy atom. The van der Waals surface area contributed by atoms with Crippen LogP contribution in [-0.2, 0) is 12.8 Å². The second-order valence-electron chi connectivity index (χ2n) is 5.65. The molecule has 0 bridgehead atoms. The van der Waals surface area contributed by atoms with Gasteiger partial charge >= 0.3 is 6.09 Å². The summed E-state index contributed by atoms with van der Waals surface area (Å²) in [5.74, 6) is 0. The van der Waals surface area contributed by atoms with Gasteiger partial charge in [-0.2, -0.15) is 0 Å². The van der Waals surface area contributed by atoms with Crippen molar-refractivity contribution in [1.29, 1.82) is 0 Å². The minimum atomic E-state index is -0.947. The molecule has 0 spiro atoms. The van der Waals surface area contributed by atoms with Crippen LogP contribution in [0, 0.1) is 0 Å². The van der Waals surface area contributed by atoms with Gasteiger partial charge in [-0.1, -0.05) is 12.1 Å². The zero-order valence-corrected chi connectivity index (χ0v) is 13.2. The molecule has 5 nitrogen and oxygen atoms in total. The van der Waals surface area contributed by atoms with Crippen LogP contribution < -0.4 is 5.32 Å². The highest BCUT2D eigenvalue weighted by Crippen LogP contribution is 2.12. The number of carboxylic acid groups (broad SMARTS) is 1. The Hall–Kier alpha value is -2.43. The van der Waals surface area contributed by atoms with Gasteiger partial charge in [-0.15, -0.1) is 0 Å². The van der Waals surface area contributed by atoms with Crippen molar-refractivity contribution in [3.05, 3.63) is 60.2 Å². The van der Waals surface area contributed by atoms with Crippen molar-refractivity contribution < 1.29 is 9.90 Å². The van der Waals surface area contributed by atoms with E-state index in [0.717, 1.165) is 38.5 Å². The van der Waals surface area contributed by atoms with E-state index in [9.17, 15) is 4.79 Å². The van der Waals surface area contributed by atoms with Crippen molar-refractivity contribution in [3.63, 3.8) is 0 Å². The van der Waals surface area contributed by atoms with Crippen LogP contribution in [0.2, 0.25) is 0 Å². The van der Waals surface area contributed by atoms with Crippen LogP contribution in [0.25, 0.3) is 0 Å². The number of hydrogen-bond acceptors (Lipinski definition) is 3. The third kappa shape index (κ3) is 6.91. The van der Waals surface area contributed by atoms with Gasteiger partial charge in [0.2, 0.25) is 0 Å². The molecule has 0 fully saturated rings. The Morgan fingerprint density at radius 3 is 1.91 bits per heavy atom. The fraction of sp³-hybridized carbons (Fsp3) is 0.389. The minimum absolute atomic E-state index is 0.000780. The molecule has 0 saturated carbocycles. The number of aromatic nitrogens is 2. The summed E-state index contributed by atoms with van der Waals surface area (Å²) >= 11 is 0. The van der Waals surface area contributed by atoms with E-state index in [2.05, 4.69) is 27.4 Å². The number of nitrogens with one attached hydrogen (secondary N) is 1. The molecule has 23 heavy (non-hydrogen) atoms. The molecular formula is C18H23N3O2. The van der Waals surface area contributed by atoms with Crippen LogP contribution in [0.3, 0.4) is 0 Å². The normalized spacial score (nSPS) is 10.7. The molecule has 0 aliphatic heterocycles. The first-order valence-corrected chi connectivity index (χ1v) is 8.01. The average Bonchev–Trinajstić information content (AvgIpc) is 2.56. The topological polar surface area (TPSA) is 75.1 Å². The Kier molecular flexibility index (Phi) is 7.04. The van der Waals surface area contributed by atoms with Gasteiger partial charge in [-0.3, -0.25) is 9.97 Å². The van der Waals surface area contributed by atoms with E-state index < -0.39 is 6.09 Å². The summed E-state index contributed by atoms with van der Waals surface area (Å²) in [5, 5.41) is 11.6. The van der Waals surface area contributed by atoms with Gasteiger partial charge in [-0.05, 0) is 61.8 Å². The number of carbonyl (C=O) groups is 1. The molecule has 122 valence electrons. The second kappa shape index (κ2) is 9.56. The fourth-order valence-electron chi connectivity index (χ4n) is 2.66. The number of hydrogen-bond donors (Lipinski definition) is 2. The average molecular weight is 313 g/mol. The van der Waals surface area contributed by atoms with Crippen LogP contribution in [0.4, 0.5) is 4.79 Å². The quantitative estimate of drug-likeness (QED) is 0.743. The second-order valence-corrected chi connectivity index (χ2v) is 5.65. The third-order valence-electron chi connectivity index (χ3n) is 3.81. The van der Waals surface area contributed by atoms with E-state index in [1.807, 2.05) is 24.5 Å². The molecule has 0 radical (unpaired) electrons. The summed E-state index contributed by atoms with van der Waals surface area (Å²) in [4.78, 5) is 19.1. The molecule has 0 aliphatic carbocycles. The van der Waals surface area contributed by atoms with E-state index >= 15 is 0 Å². The van der Waals surface area contributed by atoms with Gasteiger partial charge < -0.3 is 10.4 Å². The SMILES string of the molecule is O=C(O)NC(CCCc1cccnc1)CCCc1cccnc1.